The van der Waals surface area contributed by atoms with Crippen LogP contribution in [-0.2, 0) is 29.1 Å². The molecule has 57 heavy (non-hydrogen) atoms. The SMILES string of the molecule is COC(=O)N[C@H]1CCCCC/C=C\[C@H]2C[C@@]2(C(=O)NS(=O)(=O)C2CC2)NC(=O)[C@@H]2C[C@@H](Oc3nc(-c4ccc(F)cc4)nc4c3oc3c(C)cccc34)CN2C1=O. The first-order valence-electron chi connectivity index (χ1n) is 19.2. The molecule has 3 fully saturated rings. The third kappa shape index (κ3) is 7.64. The first-order valence-corrected chi connectivity index (χ1v) is 20.7. The molecule has 0 radical (unpaired) electrons. The van der Waals surface area contributed by atoms with Gasteiger partial charge in [0.05, 0.1) is 18.9 Å². The fourth-order valence-electron chi connectivity index (χ4n) is 7.80. The molecule has 2 aliphatic heterocycles. The van der Waals surface area contributed by atoms with Crippen molar-refractivity contribution in [3.05, 3.63) is 66.0 Å². The zero-order chi connectivity index (χ0) is 40.1. The summed E-state index contributed by atoms with van der Waals surface area (Å²) in [4.78, 5) is 65.9. The maximum atomic E-state index is 14.5. The predicted molar refractivity (Wildman–Crippen MR) is 205 cm³/mol. The second kappa shape index (κ2) is 15.1. The number of allylic oxidation sites excluding steroid dienone is 1. The molecule has 0 spiro atoms. The fraction of sp³-hybridized carbons (Fsp3) is 0.450. The molecular formula is C40H43FN6O9S. The standard InChI is InChI=1S/C40H43FN6O9S/c1-22-9-8-11-28-31-33(56-32(22)28)36(44-34(43-31)23-13-15-25(41)16-14-23)55-26-19-30-35(48)45-40(38(50)46-57(52,53)27-17-18-27)20-24(40)10-6-4-3-5-7-12-29(42-39(51)54-2)37(49)47(30)21-26/h6,8-11,13-16,24,26-27,29-30H,3-5,7,12,17-21H2,1-2H3,(H,42,51)(H,45,48)(H,46,50)/b10-6-/t24-,26+,29-,30-,40+/m0/s1. The zero-order valence-electron chi connectivity index (χ0n) is 31.5. The Balaban J connectivity index is 1.16. The molecule has 8 rings (SSSR count). The largest absolute Gasteiger partial charge is 0.470 e. The number of carbonyl (C=O) groups excluding carboxylic acids is 4. The van der Waals surface area contributed by atoms with Gasteiger partial charge in [0, 0.05) is 23.3 Å². The summed E-state index contributed by atoms with van der Waals surface area (Å²) in [6.07, 6.45) is 6.13. The molecule has 0 unspecified atom stereocenters. The highest BCUT2D eigenvalue weighted by Gasteiger charge is 2.62. The van der Waals surface area contributed by atoms with Crippen molar-refractivity contribution >= 4 is 55.9 Å². The highest BCUT2D eigenvalue weighted by molar-refractivity contribution is 7.91. The van der Waals surface area contributed by atoms with Gasteiger partial charge < -0.3 is 29.4 Å². The van der Waals surface area contributed by atoms with Crippen LogP contribution in [0.25, 0.3) is 33.5 Å². The average Bonchev–Trinajstić information content (AvgIpc) is 4.09. The minimum absolute atomic E-state index is 0.0354. The molecular weight excluding hydrogens is 760 g/mol. The van der Waals surface area contributed by atoms with Crippen molar-refractivity contribution < 1.29 is 45.9 Å². The predicted octanol–water partition coefficient (Wildman–Crippen LogP) is 4.57. The van der Waals surface area contributed by atoms with Crippen LogP contribution in [0.5, 0.6) is 5.88 Å². The lowest BCUT2D eigenvalue weighted by molar-refractivity contribution is -0.141. The zero-order valence-corrected chi connectivity index (χ0v) is 32.3. The molecule has 2 aromatic carbocycles. The van der Waals surface area contributed by atoms with E-state index in [4.69, 9.17) is 23.9 Å². The Labute approximate surface area is 327 Å². The van der Waals surface area contributed by atoms with Crippen LogP contribution >= 0.6 is 0 Å². The van der Waals surface area contributed by atoms with Gasteiger partial charge in [-0.1, -0.05) is 37.1 Å². The highest BCUT2D eigenvalue weighted by atomic mass is 32.2. The molecule has 3 N–H and O–H groups in total. The third-order valence-corrected chi connectivity index (χ3v) is 13.0. The second-order valence-corrected chi connectivity index (χ2v) is 17.2. The quantitative estimate of drug-likeness (QED) is 0.221. The molecule has 4 amide bonds. The summed E-state index contributed by atoms with van der Waals surface area (Å²) in [5, 5.41) is 5.52. The third-order valence-electron chi connectivity index (χ3n) is 11.2. The van der Waals surface area contributed by atoms with Crippen LogP contribution in [0.1, 0.15) is 63.4 Å². The summed E-state index contributed by atoms with van der Waals surface area (Å²) in [6, 6.07) is 9.03. The Morgan fingerprint density at radius 2 is 1.82 bits per heavy atom. The van der Waals surface area contributed by atoms with Crippen molar-refractivity contribution in [2.45, 2.75) is 93.7 Å². The summed E-state index contributed by atoms with van der Waals surface area (Å²) in [6.45, 7) is 1.77. The van der Waals surface area contributed by atoms with Crippen LogP contribution in [0.3, 0.4) is 0 Å². The Kier molecular flexibility index (Phi) is 10.1. The number of aromatic nitrogens is 2. The van der Waals surface area contributed by atoms with Gasteiger partial charge in [-0.25, -0.2) is 22.6 Å². The van der Waals surface area contributed by atoms with Crippen LogP contribution in [0.2, 0.25) is 0 Å². The molecule has 15 nitrogen and oxygen atoms in total. The smallest absolute Gasteiger partial charge is 0.407 e. The van der Waals surface area contributed by atoms with Crippen LogP contribution in [-0.4, -0.2) is 89.7 Å². The van der Waals surface area contributed by atoms with Gasteiger partial charge >= 0.3 is 6.09 Å². The number of nitrogens with one attached hydrogen (secondary N) is 3. The molecule has 2 aromatic heterocycles. The minimum Gasteiger partial charge on any atom is -0.470 e. The normalized spacial score (nSPS) is 26.1. The van der Waals surface area contributed by atoms with E-state index in [9.17, 15) is 32.0 Å². The first kappa shape index (κ1) is 38.3. The Hall–Kier alpha value is -5.58. The van der Waals surface area contributed by atoms with E-state index in [2.05, 4.69) is 15.4 Å². The van der Waals surface area contributed by atoms with E-state index in [1.807, 2.05) is 37.3 Å². The van der Waals surface area contributed by atoms with E-state index in [1.165, 1.54) is 24.1 Å². The molecule has 2 saturated carbocycles. The number of aryl methyl sites for hydroxylation is 1. The van der Waals surface area contributed by atoms with E-state index >= 15 is 0 Å². The average molecular weight is 803 g/mol. The molecule has 1 saturated heterocycles. The van der Waals surface area contributed by atoms with Gasteiger partial charge in [-0.15, -0.1) is 0 Å². The van der Waals surface area contributed by atoms with Gasteiger partial charge in [-0.2, -0.15) is 4.98 Å². The first-order chi connectivity index (χ1) is 27.4. The highest BCUT2D eigenvalue weighted by Crippen LogP contribution is 2.46. The molecule has 300 valence electrons. The van der Waals surface area contributed by atoms with Gasteiger partial charge in [0.1, 0.15) is 40.6 Å². The van der Waals surface area contributed by atoms with E-state index < -0.39 is 74.5 Å². The number of rotatable bonds is 7. The Morgan fingerprint density at radius 3 is 2.58 bits per heavy atom. The lowest BCUT2D eigenvalue weighted by Crippen LogP contribution is -2.58. The van der Waals surface area contributed by atoms with E-state index in [0.717, 1.165) is 18.4 Å². The van der Waals surface area contributed by atoms with Gasteiger partial charge in [-0.05, 0) is 81.3 Å². The molecule has 2 aliphatic carbocycles. The minimum atomic E-state index is -3.93. The van der Waals surface area contributed by atoms with Gasteiger partial charge in [0.2, 0.25) is 27.4 Å². The second-order valence-electron chi connectivity index (χ2n) is 15.3. The molecule has 4 aliphatic rings. The number of methoxy groups -OCH3 is 1. The molecule has 4 aromatic rings. The summed E-state index contributed by atoms with van der Waals surface area (Å²) in [5.74, 6) is -2.71. The summed E-state index contributed by atoms with van der Waals surface area (Å²) < 4.78 is 59.5. The number of alkyl carbamates (subject to hydrolysis) is 1. The van der Waals surface area contributed by atoms with E-state index in [1.54, 1.807) is 12.1 Å². The number of fused-ring (bicyclic) bond motifs is 5. The number of carbonyl (C=O) groups is 4. The van der Waals surface area contributed by atoms with Gasteiger partial charge in [-0.3, -0.25) is 19.1 Å². The lowest BCUT2D eigenvalue weighted by Gasteiger charge is -2.29. The van der Waals surface area contributed by atoms with E-state index in [-0.39, 0.29) is 43.1 Å². The van der Waals surface area contributed by atoms with Crippen LogP contribution < -0.4 is 20.1 Å². The number of nitrogens with zero attached hydrogens (tertiary/aromatic N) is 3. The van der Waals surface area contributed by atoms with Crippen molar-refractivity contribution in [2.24, 2.45) is 5.92 Å². The number of para-hydroxylation sites is 1. The van der Waals surface area contributed by atoms with E-state index in [0.29, 0.717) is 47.7 Å². The van der Waals surface area contributed by atoms with Crippen LogP contribution in [0.15, 0.2) is 59.0 Å². The molecule has 0 bridgehead atoms. The van der Waals surface area contributed by atoms with Crippen LogP contribution in [0.4, 0.5) is 9.18 Å². The number of ether oxygens (including phenoxy) is 2. The Morgan fingerprint density at radius 1 is 1.04 bits per heavy atom. The summed E-state index contributed by atoms with van der Waals surface area (Å²) in [5.41, 5.74) is 1.04. The number of hydrogen-bond donors (Lipinski definition) is 3. The summed E-state index contributed by atoms with van der Waals surface area (Å²) in [7, 11) is -2.74. The molecule has 17 heteroatoms. The van der Waals surface area contributed by atoms with Crippen LogP contribution in [0, 0.1) is 18.7 Å². The number of furan rings is 1. The molecule has 4 heterocycles. The van der Waals surface area contributed by atoms with Crippen molar-refractivity contribution in [1.82, 2.24) is 30.2 Å². The van der Waals surface area contributed by atoms with Gasteiger partial charge in [0.25, 0.3) is 11.8 Å². The lowest BCUT2D eigenvalue weighted by atomic mass is 10.1. The number of benzene rings is 2. The maximum absolute atomic E-state index is 14.5. The summed E-state index contributed by atoms with van der Waals surface area (Å²) >= 11 is 0. The number of hydrogen-bond acceptors (Lipinski definition) is 11. The number of halogens is 1. The van der Waals surface area contributed by atoms with Crippen molar-refractivity contribution in [3.8, 4) is 17.3 Å². The van der Waals surface area contributed by atoms with Gasteiger partial charge in [0.15, 0.2) is 5.82 Å². The molecule has 5 atom stereocenters. The van der Waals surface area contributed by atoms with Crippen molar-refractivity contribution in [2.75, 3.05) is 13.7 Å². The van der Waals surface area contributed by atoms with Crippen molar-refractivity contribution in [1.29, 1.82) is 0 Å². The fourth-order valence-corrected chi connectivity index (χ4v) is 9.16. The topological polar surface area (TPSA) is 199 Å². The van der Waals surface area contributed by atoms with Crippen molar-refractivity contribution in [3.63, 3.8) is 0 Å². The monoisotopic (exact) mass is 802 g/mol. The Bertz CT molecular complexity index is 2400. The maximum Gasteiger partial charge on any atom is 0.407 e. The number of sulfonamides is 1. The number of amides is 4.